The number of ketones is 1. The van der Waals surface area contributed by atoms with Gasteiger partial charge in [-0.05, 0) is 46.9 Å². The Morgan fingerprint density at radius 1 is 1.06 bits per heavy atom. The molecule has 1 unspecified atom stereocenters. The second-order valence-electron chi connectivity index (χ2n) is 8.22. The second-order valence-corrected chi connectivity index (χ2v) is 8.22. The summed E-state index contributed by atoms with van der Waals surface area (Å²) in [4.78, 5) is 18.6. The summed E-state index contributed by atoms with van der Waals surface area (Å²) in [6.45, 7) is 4.07. The van der Waals surface area contributed by atoms with Crippen LogP contribution >= 0.6 is 0 Å². The fourth-order valence-corrected chi connectivity index (χ4v) is 3.83. The molecule has 1 aliphatic heterocycles. The highest BCUT2D eigenvalue weighted by molar-refractivity contribution is 6.06. The Bertz CT molecular complexity index is 1170. The van der Waals surface area contributed by atoms with Gasteiger partial charge in [0.05, 0.1) is 17.3 Å². The summed E-state index contributed by atoms with van der Waals surface area (Å²) in [7, 11) is 0. The third kappa shape index (κ3) is 4.57. The molecule has 154 valence electrons. The smallest absolute Gasteiger partial charge is 0.163 e. The molecule has 0 bridgehead atoms. The van der Waals surface area contributed by atoms with E-state index < -0.39 is 0 Å². The number of Topliss-reactive ketones (excluding diaryl/α,β-unsaturated/α-hetero) is 1. The average Bonchev–Trinajstić information content (AvgIpc) is 3.29. The number of hydrogen-bond donors (Lipinski definition) is 0. The Morgan fingerprint density at radius 3 is 2.52 bits per heavy atom. The molecule has 4 rings (SSSR count). The lowest BCUT2D eigenvalue weighted by molar-refractivity contribution is 0.0857. The minimum absolute atomic E-state index is 0.0895. The number of carbonyl (C=O) groups is 1. The predicted octanol–water partition coefficient (Wildman–Crippen LogP) is 6.32. The monoisotopic (exact) mass is 408 g/mol. The van der Waals surface area contributed by atoms with E-state index in [9.17, 15) is 10.1 Å². The molecule has 0 spiro atoms. The van der Waals surface area contributed by atoms with Crippen LogP contribution in [0.25, 0.3) is 11.1 Å². The molecule has 3 aromatic rings. The first kappa shape index (κ1) is 20.6. The molecule has 0 aromatic heterocycles. The van der Waals surface area contributed by atoms with Crippen molar-refractivity contribution < 1.29 is 9.63 Å². The molecule has 3 aromatic carbocycles. The lowest BCUT2D eigenvalue weighted by Gasteiger charge is -2.12. The van der Waals surface area contributed by atoms with Crippen molar-refractivity contribution in [2.24, 2.45) is 11.1 Å². The molecule has 0 saturated carbocycles. The molecular weight excluding hydrogens is 384 g/mol. The van der Waals surface area contributed by atoms with Crippen molar-refractivity contribution in [2.45, 2.75) is 32.8 Å². The Morgan fingerprint density at radius 2 is 1.77 bits per heavy atom. The summed E-state index contributed by atoms with van der Waals surface area (Å²) >= 11 is 0. The summed E-state index contributed by atoms with van der Waals surface area (Å²) in [6, 6.07) is 25.5. The van der Waals surface area contributed by atoms with E-state index in [-0.39, 0.29) is 17.8 Å². The van der Waals surface area contributed by atoms with Crippen molar-refractivity contribution in [3.63, 3.8) is 0 Å². The highest BCUT2D eigenvalue weighted by Gasteiger charge is 2.25. The van der Waals surface area contributed by atoms with E-state index in [1.165, 1.54) is 0 Å². The van der Waals surface area contributed by atoms with E-state index in [0.29, 0.717) is 24.0 Å². The molecule has 31 heavy (non-hydrogen) atoms. The van der Waals surface area contributed by atoms with E-state index in [1.54, 1.807) is 6.07 Å². The number of benzene rings is 3. The van der Waals surface area contributed by atoms with Gasteiger partial charge in [0.15, 0.2) is 11.9 Å². The molecule has 4 heteroatoms. The fourth-order valence-electron chi connectivity index (χ4n) is 3.83. The number of nitriles is 1. The lowest BCUT2D eigenvalue weighted by atomic mass is 9.91. The highest BCUT2D eigenvalue weighted by atomic mass is 16.6. The van der Waals surface area contributed by atoms with Crippen LogP contribution < -0.4 is 0 Å². The Labute approximate surface area is 182 Å². The molecule has 0 aliphatic carbocycles. The van der Waals surface area contributed by atoms with Crippen molar-refractivity contribution in [2.75, 3.05) is 0 Å². The molecule has 0 radical (unpaired) electrons. The van der Waals surface area contributed by atoms with Crippen LogP contribution in [0.5, 0.6) is 0 Å². The number of carbonyl (C=O) groups excluding carboxylic acids is 1. The van der Waals surface area contributed by atoms with Gasteiger partial charge in [-0.1, -0.05) is 67.5 Å². The van der Waals surface area contributed by atoms with Gasteiger partial charge in [0.1, 0.15) is 0 Å². The van der Waals surface area contributed by atoms with Gasteiger partial charge in [0, 0.05) is 24.0 Å². The average molecular weight is 409 g/mol. The molecule has 0 saturated heterocycles. The molecular formula is C27H24N2O2. The first-order chi connectivity index (χ1) is 15.0. The zero-order chi connectivity index (χ0) is 21.8. The quantitative estimate of drug-likeness (QED) is 0.448. The van der Waals surface area contributed by atoms with Crippen LogP contribution in [0.3, 0.4) is 0 Å². The van der Waals surface area contributed by atoms with Crippen LogP contribution in [0.15, 0.2) is 78.0 Å². The number of rotatable bonds is 6. The van der Waals surface area contributed by atoms with Crippen LogP contribution in [0, 0.1) is 17.2 Å². The van der Waals surface area contributed by atoms with E-state index in [1.807, 2.05) is 80.6 Å². The van der Waals surface area contributed by atoms with Gasteiger partial charge < -0.3 is 4.84 Å². The molecule has 0 N–H and O–H groups in total. The molecule has 4 nitrogen and oxygen atoms in total. The van der Waals surface area contributed by atoms with Gasteiger partial charge in [-0.15, -0.1) is 0 Å². The largest absolute Gasteiger partial charge is 0.387 e. The maximum Gasteiger partial charge on any atom is 0.163 e. The molecule has 1 heterocycles. The van der Waals surface area contributed by atoms with Gasteiger partial charge in [0.25, 0.3) is 0 Å². The number of oxime groups is 1. The first-order valence-corrected chi connectivity index (χ1v) is 10.5. The highest BCUT2D eigenvalue weighted by Crippen LogP contribution is 2.32. The van der Waals surface area contributed by atoms with Crippen molar-refractivity contribution >= 4 is 11.5 Å². The van der Waals surface area contributed by atoms with Crippen molar-refractivity contribution in [3.05, 3.63) is 95.1 Å². The van der Waals surface area contributed by atoms with Crippen LogP contribution in [0.4, 0.5) is 0 Å². The lowest BCUT2D eigenvalue weighted by Crippen LogP contribution is -2.07. The number of hydrogen-bond acceptors (Lipinski definition) is 4. The van der Waals surface area contributed by atoms with Crippen molar-refractivity contribution in [3.8, 4) is 17.2 Å². The third-order valence-corrected chi connectivity index (χ3v) is 5.38. The minimum atomic E-state index is -0.138. The minimum Gasteiger partial charge on any atom is -0.387 e. The summed E-state index contributed by atoms with van der Waals surface area (Å²) in [5.74, 6) is 0.354. The summed E-state index contributed by atoms with van der Waals surface area (Å²) in [5.41, 5.74) is 5.61. The predicted molar refractivity (Wildman–Crippen MR) is 122 cm³/mol. The molecule has 0 amide bonds. The number of nitrogens with zero attached hydrogens (tertiary/aromatic N) is 2. The standard InChI is InChI=1S/C27H24N2O2/c1-18(2)12-26(30)23-14-21(24-11-7-6-10-20(24)17-28)13-22(15-23)25-16-27(31-29-25)19-8-4-3-5-9-19/h3-11,13-15,18,27H,12,16H2,1-2H3. The van der Waals surface area contributed by atoms with Gasteiger partial charge >= 0.3 is 0 Å². The fraction of sp³-hybridized carbons (Fsp3) is 0.222. The van der Waals surface area contributed by atoms with E-state index in [0.717, 1.165) is 28.0 Å². The summed E-state index contributed by atoms with van der Waals surface area (Å²) in [5, 5.41) is 13.9. The molecule has 0 fully saturated rings. The van der Waals surface area contributed by atoms with E-state index >= 15 is 0 Å². The zero-order valence-corrected chi connectivity index (χ0v) is 17.7. The van der Waals surface area contributed by atoms with Crippen LogP contribution in [0.1, 0.15) is 59.8 Å². The zero-order valence-electron chi connectivity index (χ0n) is 17.7. The van der Waals surface area contributed by atoms with E-state index in [4.69, 9.17) is 4.84 Å². The first-order valence-electron chi connectivity index (χ1n) is 10.5. The molecule has 1 atom stereocenters. The normalized spacial score (nSPS) is 15.3. The van der Waals surface area contributed by atoms with Gasteiger partial charge in [0.2, 0.25) is 0 Å². The maximum absolute atomic E-state index is 12.9. The SMILES string of the molecule is CC(C)CC(=O)c1cc(C2=NOC(c3ccccc3)C2)cc(-c2ccccc2C#N)c1. The van der Waals surface area contributed by atoms with Gasteiger partial charge in [-0.2, -0.15) is 5.26 Å². The Balaban J connectivity index is 1.74. The topological polar surface area (TPSA) is 62.4 Å². The summed E-state index contributed by atoms with van der Waals surface area (Å²) < 4.78 is 0. The maximum atomic E-state index is 12.9. The van der Waals surface area contributed by atoms with E-state index in [2.05, 4.69) is 11.2 Å². The van der Waals surface area contributed by atoms with Crippen LogP contribution in [-0.4, -0.2) is 11.5 Å². The van der Waals surface area contributed by atoms with Crippen molar-refractivity contribution in [1.82, 2.24) is 0 Å². The second kappa shape index (κ2) is 8.97. The molecule has 1 aliphatic rings. The summed E-state index contributed by atoms with van der Waals surface area (Å²) in [6.07, 6.45) is 0.963. The Hall–Kier alpha value is -3.71. The van der Waals surface area contributed by atoms with Gasteiger partial charge in [-0.3, -0.25) is 4.79 Å². The van der Waals surface area contributed by atoms with Gasteiger partial charge in [-0.25, -0.2) is 0 Å². The van der Waals surface area contributed by atoms with Crippen LogP contribution in [0.2, 0.25) is 0 Å². The third-order valence-electron chi connectivity index (χ3n) is 5.38. The van der Waals surface area contributed by atoms with Crippen LogP contribution in [-0.2, 0) is 4.84 Å². The Kier molecular flexibility index (Phi) is 5.95. The van der Waals surface area contributed by atoms with Crippen molar-refractivity contribution in [1.29, 1.82) is 5.26 Å².